The molecule has 2 aromatic carbocycles. The van der Waals surface area contributed by atoms with Crippen molar-refractivity contribution in [1.82, 2.24) is 4.98 Å². The van der Waals surface area contributed by atoms with E-state index in [4.69, 9.17) is 16.6 Å². The molecule has 0 N–H and O–H groups in total. The van der Waals surface area contributed by atoms with Crippen LogP contribution in [0.3, 0.4) is 0 Å². The molecule has 1 heterocycles. The summed E-state index contributed by atoms with van der Waals surface area (Å²) in [7, 11) is 0. The average molecular weight is 369 g/mol. The molecule has 0 fully saturated rings. The Morgan fingerprint density at radius 2 is 1.96 bits per heavy atom. The molecule has 0 spiro atoms. The minimum Gasteiger partial charge on any atom is -0.309 e. The SMILES string of the molecule is CCN(C(=O)c1ccc2c(Cl)c3c(nc2c1)CCC3)c1ccc(F)cc1. The van der Waals surface area contributed by atoms with E-state index in [9.17, 15) is 9.18 Å². The molecule has 1 aromatic heterocycles. The molecule has 26 heavy (non-hydrogen) atoms. The second kappa shape index (κ2) is 6.69. The Hall–Kier alpha value is -2.46. The smallest absolute Gasteiger partial charge is 0.258 e. The van der Waals surface area contributed by atoms with Crippen LogP contribution in [0.15, 0.2) is 42.5 Å². The summed E-state index contributed by atoms with van der Waals surface area (Å²) in [5.74, 6) is -0.463. The summed E-state index contributed by atoms with van der Waals surface area (Å²) >= 11 is 6.55. The zero-order valence-corrected chi connectivity index (χ0v) is 15.2. The Morgan fingerprint density at radius 1 is 1.19 bits per heavy atom. The molecule has 1 amide bonds. The molecule has 0 saturated carbocycles. The van der Waals surface area contributed by atoms with Crippen molar-refractivity contribution in [3.05, 3.63) is 70.1 Å². The second-order valence-corrected chi connectivity index (χ2v) is 6.84. The van der Waals surface area contributed by atoms with Crippen LogP contribution in [0.4, 0.5) is 10.1 Å². The van der Waals surface area contributed by atoms with Crippen molar-refractivity contribution < 1.29 is 9.18 Å². The second-order valence-electron chi connectivity index (χ2n) is 6.46. The Morgan fingerprint density at radius 3 is 2.69 bits per heavy atom. The minimum absolute atomic E-state index is 0.139. The third-order valence-corrected chi connectivity index (χ3v) is 5.32. The first-order valence-electron chi connectivity index (χ1n) is 8.77. The molecule has 0 aliphatic heterocycles. The predicted octanol–water partition coefficient (Wildman–Crippen LogP) is 5.18. The highest BCUT2D eigenvalue weighted by Crippen LogP contribution is 2.34. The third kappa shape index (κ3) is 2.84. The van der Waals surface area contributed by atoms with Gasteiger partial charge in [-0.05, 0) is 68.1 Å². The molecule has 0 atom stereocenters. The topological polar surface area (TPSA) is 33.2 Å². The fourth-order valence-electron chi connectivity index (χ4n) is 3.56. The molecule has 132 valence electrons. The van der Waals surface area contributed by atoms with Crippen molar-refractivity contribution in [2.45, 2.75) is 26.2 Å². The highest BCUT2D eigenvalue weighted by molar-refractivity contribution is 6.36. The molecule has 3 nitrogen and oxygen atoms in total. The van der Waals surface area contributed by atoms with E-state index in [-0.39, 0.29) is 11.7 Å². The number of halogens is 2. The van der Waals surface area contributed by atoms with Crippen LogP contribution in [0.2, 0.25) is 5.02 Å². The number of aryl methyl sites for hydroxylation is 1. The van der Waals surface area contributed by atoms with Crippen molar-refractivity contribution in [3.63, 3.8) is 0 Å². The number of hydrogen-bond acceptors (Lipinski definition) is 2. The van der Waals surface area contributed by atoms with Crippen molar-refractivity contribution in [1.29, 1.82) is 0 Å². The summed E-state index contributed by atoms with van der Waals surface area (Å²) in [6.07, 6.45) is 2.96. The molecule has 1 aliphatic carbocycles. The van der Waals surface area contributed by atoms with E-state index >= 15 is 0 Å². The first kappa shape index (κ1) is 17.0. The van der Waals surface area contributed by atoms with E-state index in [0.717, 1.165) is 46.4 Å². The number of carbonyl (C=O) groups is 1. The van der Waals surface area contributed by atoms with Crippen molar-refractivity contribution in [2.75, 3.05) is 11.4 Å². The number of nitrogens with zero attached hydrogens (tertiary/aromatic N) is 2. The molecule has 0 saturated heterocycles. The van der Waals surface area contributed by atoms with E-state index < -0.39 is 0 Å². The van der Waals surface area contributed by atoms with Crippen molar-refractivity contribution in [2.24, 2.45) is 0 Å². The van der Waals surface area contributed by atoms with Gasteiger partial charge >= 0.3 is 0 Å². The molecular formula is C21H18ClFN2O. The van der Waals surface area contributed by atoms with Crippen LogP contribution in [-0.4, -0.2) is 17.4 Å². The summed E-state index contributed by atoms with van der Waals surface area (Å²) in [5, 5.41) is 1.64. The number of rotatable bonds is 3. The molecule has 0 unspecified atom stereocenters. The zero-order valence-electron chi connectivity index (χ0n) is 14.4. The van der Waals surface area contributed by atoms with Gasteiger partial charge in [0.05, 0.1) is 10.5 Å². The third-order valence-electron chi connectivity index (χ3n) is 4.89. The van der Waals surface area contributed by atoms with Gasteiger partial charge in [-0.2, -0.15) is 0 Å². The minimum atomic E-state index is -0.323. The summed E-state index contributed by atoms with van der Waals surface area (Å²) in [5.41, 5.74) is 4.14. The molecule has 0 bridgehead atoms. The molecular weight excluding hydrogens is 351 g/mol. The molecule has 1 aliphatic rings. The van der Waals surface area contributed by atoms with Gasteiger partial charge in [-0.25, -0.2) is 4.39 Å². The van der Waals surface area contributed by atoms with Crippen LogP contribution < -0.4 is 4.90 Å². The van der Waals surface area contributed by atoms with E-state index in [1.165, 1.54) is 12.1 Å². The van der Waals surface area contributed by atoms with Crippen LogP contribution in [-0.2, 0) is 12.8 Å². The maximum atomic E-state index is 13.2. The number of amides is 1. The van der Waals surface area contributed by atoms with E-state index in [1.54, 1.807) is 29.2 Å². The lowest BCUT2D eigenvalue weighted by atomic mass is 10.1. The number of pyridine rings is 1. The lowest BCUT2D eigenvalue weighted by Gasteiger charge is -2.21. The largest absolute Gasteiger partial charge is 0.309 e. The van der Waals surface area contributed by atoms with E-state index in [2.05, 4.69) is 0 Å². The van der Waals surface area contributed by atoms with Crippen LogP contribution in [0.25, 0.3) is 10.9 Å². The number of carbonyl (C=O) groups excluding carboxylic acids is 1. The number of aromatic nitrogens is 1. The first-order chi connectivity index (χ1) is 12.6. The fraction of sp³-hybridized carbons (Fsp3) is 0.238. The normalized spacial score (nSPS) is 13.0. The van der Waals surface area contributed by atoms with Gasteiger partial charge in [0.15, 0.2) is 0 Å². The summed E-state index contributed by atoms with van der Waals surface area (Å²) < 4.78 is 13.2. The first-order valence-corrected chi connectivity index (χ1v) is 9.14. The van der Waals surface area contributed by atoms with E-state index in [1.807, 2.05) is 13.0 Å². The number of fused-ring (bicyclic) bond motifs is 2. The summed E-state index contributed by atoms with van der Waals surface area (Å²) in [4.78, 5) is 19.3. The quantitative estimate of drug-likeness (QED) is 0.638. The van der Waals surface area contributed by atoms with Gasteiger partial charge in [0, 0.05) is 28.9 Å². The highest BCUT2D eigenvalue weighted by atomic mass is 35.5. The molecule has 4 rings (SSSR count). The van der Waals surface area contributed by atoms with Gasteiger partial charge in [-0.3, -0.25) is 9.78 Å². The zero-order chi connectivity index (χ0) is 18.3. The highest BCUT2D eigenvalue weighted by Gasteiger charge is 2.21. The predicted molar refractivity (Wildman–Crippen MR) is 103 cm³/mol. The summed E-state index contributed by atoms with van der Waals surface area (Å²) in [6, 6.07) is 11.4. The average Bonchev–Trinajstić information content (AvgIpc) is 3.12. The Bertz CT molecular complexity index is 1000. The monoisotopic (exact) mass is 368 g/mol. The van der Waals surface area contributed by atoms with Crippen molar-refractivity contribution in [3.8, 4) is 0 Å². The van der Waals surface area contributed by atoms with Crippen LogP contribution >= 0.6 is 11.6 Å². The molecule has 5 heteroatoms. The lowest BCUT2D eigenvalue weighted by Crippen LogP contribution is -2.30. The van der Waals surface area contributed by atoms with Crippen molar-refractivity contribution >= 4 is 34.1 Å². The lowest BCUT2D eigenvalue weighted by molar-refractivity contribution is 0.0988. The Kier molecular flexibility index (Phi) is 4.37. The van der Waals surface area contributed by atoms with Crippen LogP contribution in [0.5, 0.6) is 0 Å². The Labute approximate surface area is 156 Å². The maximum absolute atomic E-state index is 13.2. The van der Waals surface area contributed by atoms with Gasteiger partial charge in [-0.1, -0.05) is 17.7 Å². The van der Waals surface area contributed by atoms with Gasteiger partial charge in [0.25, 0.3) is 5.91 Å². The van der Waals surface area contributed by atoms with Gasteiger partial charge in [-0.15, -0.1) is 0 Å². The van der Waals surface area contributed by atoms with Gasteiger partial charge < -0.3 is 4.90 Å². The Balaban J connectivity index is 1.74. The summed E-state index contributed by atoms with van der Waals surface area (Å²) in [6.45, 7) is 2.38. The van der Waals surface area contributed by atoms with Crippen LogP contribution in [0.1, 0.15) is 35.0 Å². The number of anilines is 1. The van der Waals surface area contributed by atoms with Gasteiger partial charge in [0.1, 0.15) is 5.82 Å². The number of benzene rings is 2. The molecule has 0 radical (unpaired) electrons. The maximum Gasteiger partial charge on any atom is 0.258 e. The van der Waals surface area contributed by atoms with Crippen LogP contribution in [0, 0.1) is 5.82 Å². The molecule has 3 aromatic rings. The van der Waals surface area contributed by atoms with Gasteiger partial charge in [0.2, 0.25) is 0 Å². The van der Waals surface area contributed by atoms with E-state index in [0.29, 0.717) is 17.8 Å². The fourth-order valence-corrected chi connectivity index (χ4v) is 3.92. The standard InChI is InChI=1S/C21H18ClFN2O/c1-2-25(15-9-7-14(23)8-10-15)21(26)13-6-11-17-19(12-13)24-18-5-3-4-16(18)20(17)22/h6-12H,2-5H2,1H3. The number of hydrogen-bond donors (Lipinski definition) is 0.